The fourth-order valence-corrected chi connectivity index (χ4v) is 3.38. The van der Waals surface area contributed by atoms with Crippen LogP contribution in [0.3, 0.4) is 0 Å². The van der Waals surface area contributed by atoms with Gasteiger partial charge in [-0.1, -0.05) is 32.0 Å². The Balaban J connectivity index is 2.33. The molecule has 2 aromatic rings. The molecule has 5 heteroatoms. The van der Waals surface area contributed by atoms with Crippen LogP contribution in [0.15, 0.2) is 42.0 Å². The van der Waals surface area contributed by atoms with Gasteiger partial charge in [-0.15, -0.1) is 0 Å². The van der Waals surface area contributed by atoms with Crippen LogP contribution in [-0.4, -0.2) is 39.3 Å². The molecular formula is C24H31N3O2. The highest BCUT2D eigenvalue weighted by molar-refractivity contribution is 6.05. The molecular weight excluding hydrogens is 362 g/mol. The number of nitriles is 1. The number of amides is 1. The molecule has 0 aliphatic carbocycles. The van der Waals surface area contributed by atoms with Crippen LogP contribution in [0.4, 0.5) is 5.69 Å². The lowest BCUT2D eigenvalue weighted by atomic mass is 9.98. The molecule has 0 heterocycles. The summed E-state index contributed by atoms with van der Waals surface area (Å²) in [5.41, 5.74) is 2.92. The molecule has 0 aromatic heterocycles. The molecule has 0 saturated carbocycles. The third-order valence-electron chi connectivity index (χ3n) is 4.91. The van der Waals surface area contributed by atoms with Gasteiger partial charge in [0.2, 0.25) is 0 Å². The Morgan fingerprint density at radius 1 is 1.10 bits per heavy atom. The fraction of sp³-hybridized carbons (Fsp3) is 0.417. The van der Waals surface area contributed by atoms with Gasteiger partial charge in [0, 0.05) is 32.4 Å². The summed E-state index contributed by atoms with van der Waals surface area (Å²) < 4.78 is 4.94. The van der Waals surface area contributed by atoms with E-state index in [1.54, 1.807) is 7.11 Å². The average Bonchev–Trinajstić information content (AvgIpc) is 2.73. The number of hydrogen-bond acceptors (Lipinski definition) is 4. The van der Waals surface area contributed by atoms with Crippen molar-refractivity contribution in [2.24, 2.45) is 0 Å². The first kappa shape index (κ1) is 22.4. The van der Waals surface area contributed by atoms with Gasteiger partial charge in [-0.05, 0) is 59.9 Å². The molecule has 0 aliphatic rings. The molecule has 1 amide bonds. The van der Waals surface area contributed by atoms with Crippen molar-refractivity contribution in [2.45, 2.75) is 33.6 Å². The van der Waals surface area contributed by atoms with E-state index < -0.39 is 0 Å². The van der Waals surface area contributed by atoms with Gasteiger partial charge in [-0.3, -0.25) is 4.79 Å². The maximum atomic E-state index is 12.3. The Hall–Kier alpha value is -2.84. The van der Waals surface area contributed by atoms with E-state index in [9.17, 15) is 10.1 Å². The van der Waals surface area contributed by atoms with E-state index in [0.29, 0.717) is 18.7 Å². The van der Waals surface area contributed by atoms with Crippen molar-refractivity contribution < 1.29 is 9.53 Å². The van der Waals surface area contributed by atoms with E-state index >= 15 is 0 Å². The monoisotopic (exact) mass is 393 g/mol. The zero-order valence-electron chi connectivity index (χ0n) is 17.9. The Morgan fingerprint density at radius 2 is 1.76 bits per heavy atom. The zero-order valence-corrected chi connectivity index (χ0v) is 17.9. The largest absolute Gasteiger partial charge is 0.383 e. The Bertz CT molecular complexity index is 906. The molecule has 2 aromatic carbocycles. The van der Waals surface area contributed by atoms with E-state index in [-0.39, 0.29) is 11.5 Å². The summed E-state index contributed by atoms with van der Waals surface area (Å²) in [5.74, 6) is -0.368. The van der Waals surface area contributed by atoms with Gasteiger partial charge in [-0.25, -0.2) is 0 Å². The Kier molecular flexibility index (Phi) is 8.69. The lowest BCUT2D eigenvalue weighted by Gasteiger charge is -2.24. The summed E-state index contributed by atoms with van der Waals surface area (Å²) in [5, 5.41) is 14.5. The lowest BCUT2D eigenvalue weighted by Crippen LogP contribution is -2.28. The summed E-state index contributed by atoms with van der Waals surface area (Å²) in [4.78, 5) is 14.7. The topological polar surface area (TPSA) is 65.4 Å². The normalized spacial score (nSPS) is 11.7. The van der Waals surface area contributed by atoms with Crippen LogP contribution >= 0.6 is 0 Å². The van der Waals surface area contributed by atoms with Crippen molar-refractivity contribution >= 4 is 27.9 Å². The molecule has 0 spiro atoms. The van der Waals surface area contributed by atoms with Gasteiger partial charge in [0.15, 0.2) is 0 Å². The predicted octanol–water partition coefficient (Wildman–Crippen LogP) is 4.53. The molecule has 0 radical (unpaired) electrons. The summed E-state index contributed by atoms with van der Waals surface area (Å²) >= 11 is 0. The molecule has 154 valence electrons. The number of allylic oxidation sites excluding steroid dienone is 1. The third kappa shape index (κ3) is 5.82. The summed E-state index contributed by atoms with van der Waals surface area (Å²) in [6, 6.07) is 14.6. The van der Waals surface area contributed by atoms with Crippen LogP contribution in [0.5, 0.6) is 0 Å². The number of nitrogens with zero attached hydrogens (tertiary/aromatic N) is 2. The van der Waals surface area contributed by atoms with E-state index in [0.717, 1.165) is 42.3 Å². The van der Waals surface area contributed by atoms with Gasteiger partial charge in [0.25, 0.3) is 5.91 Å². The summed E-state index contributed by atoms with van der Waals surface area (Å²) in [6.07, 6.45) is 2.23. The number of hydrogen-bond donors (Lipinski definition) is 1. The Labute approximate surface area is 174 Å². The number of nitrogens with one attached hydrogen (secondary N) is 1. The molecule has 1 N–H and O–H groups in total. The van der Waals surface area contributed by atoms with E-state index in [1.807, 2.05) is 25.1 Å². The van der Waals surface area contributed by atoms with Crippen LogP contribution in [-0.2, 0) is 9.53 Å². The minimum atomic E-state index is -0.368. The van der Waals surface area contributed by atoms with Crippen LogP contribution in [0.25, 0.3) is 16.3 Å². The Morgan fingerprint density at radius 3 is 2.38 bits per heavy atom. The highest BCUT2D eigenvalue weighted by atomic mass is 16.5. The van der Waals surface area contributed by atoms with Crippen LogP contribution in [0.1, 0.15) is 39.2 Å². The summed E-state index contributed by atoms with van der Waals surface area (Å²) in [7, 11) is 1.57. The van der Waals surface area contributed by atoms with Crippen molar-refractivity contribution in [1.82, 2.24) is 5.32 Å². The minimum absolute atomic E-state index is 0.133. The lowest BCUT2D eigenvalue weighted by molar-refractivity contribution is -0.117. The highest BCUT2D eigenvalue weighted by Crippen LogP contribution is 2.27. The van der Waals surface area contributed by atoms with Crippen molar-refractivity contribution in [3.05, 3.63) is 47.5 Å². The van der Waals surface area contributed by atoms with E-state index in [2.05, 4.69) is 48.3 Å². The van der Waals surface area contributed by atoms with Crippen LogP contribution in [0.2, 0.25) is 0 Å². The first-order chi connectivity index (χ1) is 14.0. The molecule has 0 bridgehead atoms. The second-order valence-corrected chi connectivity index (χ2v) is 7.09. The van der Waals surface area contributed by atoms with Gasteiger partial charge >= 0.3 is 0 Å². The number of rotatable bonds is 10. The highest BCUT2D eigenvalue weighted by Gasteiger charge is 2.14. The standard InChI is InChI=1S/C24H31N3O2/c1-5-12-27(13-6-2)22-10-9-20-15-19(7-8-21(20)16-22)18(3)23(17-25)24(28)26-11-14-29-4/h7-10,15-16H,5-6,11-14H2,1-4H3,(H,26,28)/b23-18+. The quantitative estimate of drug-likeness (QED) is 0.366. The smallest absolute Gasteiger partial charge is 0.262 e. The van der Waals surface area contributed by atoms with Crippen LogP contribution < -0.4 is 10.2 Å². The van der Waals surface area contributed by atoms with E-state index in [1.165, 1.54) is 5.69 Å². The average molecular weight is 394 g/mol. The number of carbonyl (C=O) groups is 1. The summed E-state index contributed by atoms with van der Waals surface area (Å²) in [6.45, 7) is 9.09. The van der Waals surface area contributed by atoms with Crippen LogP contribution in [0, 0.1) is 11.3 Å². The molecule has 2 rings (SSSR count). The van der Waals surface area contributed by atoms with Gasteiger partial charge in [-0.2, -0.15) is 5.26 Å². The zero-order chi connectivity index (χ0) is 21.2. The van der Waals surface area contributed by atoms with Gasteiger partial charge < -0.3 is 15.0 Å². The molecule has 29 heavy (non-hydrogen) atoms. The second kappa shape index (κ2) is 11.2. The third-order valence-corrected chi connectivity index (χ3v) is 4.91. The number of carbonyl (C=O) groups excluding carboxylic acids is 1. The first-order valence-electron chi connectivity index (χ1n) is 10.2. The molecule has 0 unspecified atom stereocenters. The molecule has 0 fully saturated rings. The van der Waals surface area contributed by atoms with Crippen molar-refractivity contribution in [1.29, 1.82) is 5.26 Å². The van der Waals surface area contributed by atoms with Crippen molar-refractivity contribution in [3.63, 3.8) is 0 Å². The molecule has 5 nitrogen and oxygen atoms in total. The fourth-order valence-electron chi connectivity index (χ4n) is 3.38. The SMILES string of the molecule is CCCN(CCC)c1ccc2cc(/C(C)=C(\C#N)C(=O)NCCOC)ccc2c1. The number of anilines is 1. The minimum Gasteiger partial charge on any atom is -0.383 e. The maximum Gasteiger partial charge on any atom is 0.262 e. The van der Waals surface area contributed by atoms with Crippen molar-refractivity contribution in [3.8, 4) is 6.07 Å². The second-order valence-electron chi connectivity index (χ2n) is 7.09. The number of benzene rings is 2. The molecule has 0 atom stereocenters. The number of fused-ring (bicyclic) bond motifs is 1. The number of methoxy groups -OCH3 is 1. The van der Waals surface area contributed by atoms with Gasteiger partial charge in [0.05, 0.1) is 6.61 Å². The maximum absolute atomic E-state index is 12.3. The molecule has 0 aliphatic heterocycles. The first-order valence-corrected chi connectivity index (χ1v) is 10.2. The molecule has 0 saturated heterocycles. The van der Waals surface area contributed by atoms with Crippen molar-refractivity contribution in [2.75, 3.05) is 38.3 Å². The predicted molar refractivity (Wildman–Crippen MR) is 120 cm³/mol. The van der Waals surface area contributed by atoms with Gasteiger partial charge in [0.1, 0.15) is 11.6 Å². The number of ether oxygens (including phenoxy) is 1. The van der Waals surface area contributed by atoms with E-state index in [4.69, 9.17) is 4.74 Å².